The predicted molar refractivity (Wildman–Crippen MR) is 69.6 cm³/mol. The van der Waals surface area contributed by atoms with Crippen molar-refractivity contribution in [3.63, 3.8) is 0 Å². The molecule has 0 saturated heterocycles. The summed E-state index contributed by atoms with van der Waals surface area (Å²) in [7, 11) is 0. The van der Waals surface area contributed by atoms with Crippen molar-refractivity contribution in [3.05, 3.63) is 0 Å². The van der Waals surface area contributed by atoms with Gasteiger partial charge in [-0.1, -0.05) is 27.7 Å². The zero-order valence-electron chi connectivity index (χ0n) is 12.6. The molecule has 0 heterocycles. The van der Waals surface area contributed by atoms with Crippen LogP contribution >= 0.6 is 0 Å². The zero-order valence-corrected chi connectivity index (χ0v) is 12.6. The molecule has 0 aliphatic rings. The monoisotopic (exact) mass is 244 g/mol. The summed E-state index contributed by atoms with van der Waals surface area (Å²) in [6.07, 6.45) is 0.294. The topological polar surface area (TPSA) is 35.5 Å². The van der Waals surface area contributed by atoms with E-state index >= 15 is 0 Å². The molecule has 0 spiro atoms. The molecule has 1 unspecified atom stereocenters. The number of rotatable bonds is 5. The first-order valence-electron chi connectivity index (χ1n) is 6.37. The summed E-state index contributed by atoms with van der Waals surface area (Å²) < 4.78 is 11.2. The van der Waals surface area contributed by atoms with Crippen LogP contribution in [-0.4, -0.2) is 18.4 Å². The quantitative estimate of drug-likeness (QED) is 0.545. The number of esters is 1. The number of hydrogen-bond acceptors (Lipinski definition) is 3. The normalized spacial score (nSPS) is 14.9. The molecule has 0 saturated carbocycles. The van der Waals surface area contributed by atoms with Crippen LogP contribution in [0.5, 0.6) is 0 Å². The van der Waals surface area contributed by atoms with Gasteiger partial charge in [-0.2, -0.15) is 0 Å². The van der Waals surface area contributed by atoms with Gasteiger partial charge in [-0.15, -0.1) is 0 Å². The van der Waals surface area contributed by atoms with E-state index in [9.17, 15) is 4.79 Å². The number of hydrogen-bond donors (Lipinski definition) is 0. The second-order valence-electron chi connectivity index (χ2n) is 6.53. The molecule has 17 heavy (non-hydrogen) atoms. The molecule has 0 bridgehead atoms. The lowest BCUT2D eigenvalue weighted by atomic mass is 9.90. The maximum Gasteiger partial charge on any atom is 0.313 e. The van der Waals surface area contributed by atoms with Crippen LogP contribution in [0.25, 0.3) is 0 Å². The van der Waals surface area contributed by atoms with Gasteiger partial charge in [-0.05, 0) is 34.1 Å². The zero-order chi connectivity index (χ0) is 13.9. The SMILES string of the molecule is CCC(C)(C)C(=O)OC(OC(C)C)C(C)(C)C. The van der Waals surface area contributed by atoms with Crippen LogP contribution in [0.15, 0.2) is 0 Å². The van der Waals surface area contributed by atoms with Gasteiger partial charge in [0.2, 0.25) is 6.29 Å². The Morgan fingerprint density at radius 3 is 1.88 bits per heavy atom. The highest BCUT2D eigenvalue weighted by atomic mass is 16.7. The fourth-order valence-corrected chi connectivity index (χ4v) is 1.06. The standard InChI is InChI=1S/C14H28O3/c1-9-14(7,8)11(15)17-12(13(4,5)6)16-10(2)3/h10,12H,9H2,1-8H3. The first-order valence-corrected chi connectivity index (χ1v) is 6.37. The van der Waals surface area contributed by atoms with Crippen molar-refractivity contribution in [2.24, 2.45) is 10.8 Å². The maximum absolute atomic E-state index is 12.0. The Hall–Kier alpha value is -0.570. The minimum atomic E-state index is -0.499. The minimum Gasteiger partial charge on any atom is -0.435 e. The van der Waals surface area contributed by atoms with E-state index in [0.29, 0.717) is 0 Å². The van der Waals surface area contributed by atoms with Gasteiger partial charge in [0, 0.05) is 5.41 Å². The molecule has 0 radical (unpaired) electrons. The Kier molecular flexibility index (Phi) is 5.66. The third-order valence-electron chi connectivity index (χ3n) is 2.75. The molecule has 1 atom stereocenters. The lowest BCUT2D eigenvalue weighted by Gasteiger charge is -2.34. The van der Waals surface area contributed by atoms with Crippen molar-refractivity contribution in [2.45, 2.75) is 74.2 Å². The molecule has 3 heteroatoms. The van der Waals surface area contributed by atoms with Crippen molar-refractivity contribution < 1.29 is 14.3 Å². The summed E-state index contributed by atoms with van der Waals surface area (Å²) in [6.45, 7) is 15.7. The molecule has 0 rings (SSSR count). The molecule has 102 valence electrons. The molecule has 0 aromatic rings. The lowest BCUT2D eigenvalue weighted by molar-refractivity contribution is -0.221. The minimum absolute atomic E-state index is 0.0387. The van der Waals surface area contributed by atoms with Gasteiger partial charge in [0.1, 0.15) is 0 Å². The van der Waals surface area contributed by atoms with Gasteiger partial charge in [0.15, 0.2) is 0 Å². The largest absolute Gasteiger partial charge is 0.435 e. The average molecular weight is 244 g/mol. The Morgan fingerprint density at radius 2 is 1.59 bits per heavy atom. The van der Waals surface area contributed by atoms with Gasteiger partial charge in [0.05, 0.1) is 11.5 Å². The highest BCUT2D eigenvalue weighted by molar-refractivity contribution is 5.75. The van der Waals surface area contributed by atoms with E-state index in [2.05, 4.69) is 0 Å². The van der Waals surface area contributed by atoms with Gasteiger partial charge >= 0.3 is 5.97 Å². The molecule has 0 amide bonds. The summed E-state index contributed by atoms with van der Waals surface area (Å²) in [6, 6.07) is 0. The van der Waals surface area contributed by atoms with Crippen LogP contribution in [0.1, 0.15) is 61.8 Å². The Bertz CT molecular complexity index is 249. The van der Waals surface area contributed by atoms with Crippen molar-refractivity contribution in [1.82, 2.24) is 0 Å². The van der Waals surface area contributed by atoms with Crippen molar-refractivity contribution in [2.75, 3.05) is 0 Å². The smallest absolute Gasteiger partial charge is 0.313 e. The van der Waals surface area contributed by atoms with Crippen LogP contribution in [-0.2, 0) is 14.3 Å². The predicted octanol–water partition coefficient (Wildman–Crippen LogP) is 3.76. The van der Waals surface area contributed by atoms with E-state index in [1.807, 2.05) is 55.4 Å². The van der Waals surface area contributed by atoms with Crippen LogP contribution in [0.4, 0.5) is 0 Å². The third kappa shape index (κ3) is 5.53. The van der Waals surface area contributed by atoms with E-state index in [1.54, 1.807) is 0 Å². The lowest BCUT2D eigenvalue weighted by Crippen LogP contribution is -2.39. The molecule has 0 aromatic heterocycles. The fourth-order valence-electron chi connectivity index (χ4n) is 1.06. The number of carbonyl (C=O) groups excluding carboxylic acids is 1. The van der Waals surface area contributed by atoms with E-state index in [0.717, 1.165) is 6.42 Å². The van der Waals surface area contributed by atoms with Crippen molar-refractivity contribution in [3.8, 4) is 0 Å². The van der Waals surface area contributed by atoms with Gasteiger partial charge < -0.3 is 9.47 Å². The van der Waals surface area contributed by atoms with Crippen molar-refractivity contribution in [1.29, 1.82) is 0 Å². The molecule has 0 N–H and O–H groups in total. The number of ether oxygens (including phenoxy) is 2. The second kappa shape index (κ2) is 5.85. The van der Waals surface area contributed by atoms with E-state index in [1.165, 1.54) is 0 Å². The average Bonchev–Trinajstić information content (AvgIpc) is 2.14. The fraction of sp³-hybridized carbons (Fsp3) is 0.929. The molecular weight excluding hydrogens is 216 g/mol. The van der Waals surface area contributed by atoms with Gasteiger partial charge in [-0.25, -0.2) is 0 Å². The molecular formula is C14H28O3. The summed E-state index contributed by atoms with van der Waals surface area (Å²) >= 11 is 0. The van der Waals surface area contributed by atoms with E-state index < -0.39 is 11.7 Å². The molecule has 3 nitrogen and oxygen atoms in total. The summed E-state index contributed by atoms with van der Waals surface area (Å²) in [5.74, 6) is -0.194. The van der Waals surface area contributed by atoms with E-state index in [-0.39, 0.29) is 17.5 Å². The second-order valence-corrected chi connectivity index (χ2v) is 6.53. The first kappa shape index (κ1) is 16.4. The Labute approximate surface area is 106 Å². The summed E-state index contributed by atoms with van der Waals surface area (Å²) in [5, 5.41) is 0. The third-order valence-corrected chi connectivity index (χ3v) is 2.75. The van der Waals surface area contributed by atoms with Crippen LogP contribution < -0.4 is 0 Å². The Morgan fingerprint density at radius 1 is 1.12 bits per heavy atom. The van der Waals surface area contributed by atoms with Crippen molar-refractivity contribution >= 4 is 5.97 Å². The molecule has 0 aliphatic heterocycles. The van der Waals surface area contributed by atoms with Gasteiger partial charge in [-0.3, -0.25) is 4.79 Å². The molecule has 0 aliphatic carbocycles. The van der Waals surface area contributed by atoms with Crippen LogP contribution in [0, 0.1) is 10.8 Å². The molecule has 0 fully saturated rings. The summed E-state index contributed by atoms with van der Waals surface area (Å²) in [4.78, 5) is 12.0. The highest BCUT2D eigenvalue weighted by Gasteiger charge is 2.35. The van der Waals surface area contributed by atoms with E-state index in [4.69, 9.17) is 9.47 Å². The van der Waals surface area contributed by atoms with Crippen LogP contribution in [0.2, 0.25) is 0 Å². The Balaban J connectivity index is 4.72. The van der Waals surface area contributed by atoms with Crippen LogP contribution in [0.3, 0.4) is 0 Å². The summed E-state index contributed by atoms with van der Waals surface area (Å²) in [5.41, 5.74) is -0.673. The first-order chi connectivity index (χ1) is 7.50. The van der Waals surface area contributed by atoms with Gasteiger partial charge in [0.25, 0.3) is 0 Å². The highest BCUT2D eigenvalue weighted by Crippen LogP contribution is 2.29. The molecule has 0 aromatic carbocycles. The maximum atomic E-state index is 12.0. The number of carbonyl (C=O) groups is 1.